The Morgan fingerprint density at radius 1 is 1.25 bits per heavy atom. The summed E-state index contributed by atoms with van der Waals surface area (Å²) in [7, 11) is 0. The largest absolute Gasteiger partial charge is 0.387 e. The first-order valence-electron chi connectivity index (χ1n) is 10.8. The highest BCUT2D eigenvalue weighted by Gasteiger charge is 2.55. The van der Waals surface area contributed by atoms with Gasteiger partial charge in [0.2, 0.25) is 5.91 Å². The first kappa shape index (κ1) is 21.3. The Bertz CT molecular complexity index is 612. The van der Waals surface area contributed by atoms with Gasteiger partial charge in [0.15, 0.2) is 0 Å². The molecule has 0 bridgehead atoms. The molecule has 0 unspecified atom stereocenters. The van der Waals surface area contributed by atoms with Gasteiger partial charge in [0.1, 0.15) is 17.8 Å². The number of allylic oxidation sites excluding steroid dienone is 4. The number of rotatable bonds is 7. The minimum atomic E-state index is -0.567. The summed E-state index contributed by atoms with van der Waals surface area (Å²) in [5.74, 6) is 0.721. The van der Waals surface area contributed by atoms with Crippen LogP contribution in [0.4, 0.5) is 0 Å². The highest BCUT2D eigenvalue weighted by atomic mass is 16.6. The third-order valence-corrected chi connectivity index (χ3v) is 6.22. The molecule has 1 amide bonds. The van der Waals surface area contributed by atoms with E-state index < -0.39 is 6.10 Å². The maximum Gasteiger partial charge on any atom is 0.243 e. The molecule has 3 fully saturated rings. The summed E-state index contributed by atoms with van der Waals surface area (Å²) in [5.41, 5.74) is 0.859. The summed E-state index contributed by atoms with van der Waals surface area (Å²) >= 11 is 0. The SMILES string of the molecule is CC/C=C\C(=O)N[C@H]1CC[C@@H](C/C=C(C)/C=C/[C@H]2OCC[C@@]3(CO3)[C@@H]2O)CC1. The molecule has 1 spiro atoms. The lowest BCUT2D eigenvalue weighted by atomic mass is 9.83. The van der Waals surface area contributed by atoms with Crippen LogP contribution < -0.4 is 5.32 Å². The van der Waals surface area contributed by atoms with Crippen LogP contribution in [0.15, 0.2) is 36.0 Å². The van der Waals surface area contributed by atoms with Gasteiger partial charge in [0, 0.05) is 12.5 Å². The molecule has 3 atom stereocenters. The van der Waals surface area contributed by atoms with E-state index in [-0.39, 0.29) is 17.6 Å². The van der Waals surface area contributed by atoms with Crippen LogP contribution in [-0.2, 0) is 14.3 Å². The van der Waals surface area contributed by atoms with Crippen LogP contribution in [0.5, 0.6) is 0 Å². The Morgan fingerprint density at radius 3 is 2.68 bits per heavy atom. The number of ether oxygens (including phenoxy) is 2. The fourth-order valence-corrected chi connectivity index (χ4v) is 4.16. The van der Waals surface area contributed by atoms with Gasteiger partial charge in [-0.1, -0.05) is 36.8 Å². The van der Waals surface area contributed by atoms with E-state index in [4.69, 9.17) is 9.47 Å². The minimum Gasteiger partial charge on any atom is -0.387 e. The summed E-state index contributed by atoms with van der Waals surface area (Å²) < 4.78 is 11.2. The third kappa shape index (κ3) is 5.79. The molecule has 28 heavy (non-hydrogen) atoms. The Labute approximate surface area is 168 Å². The topological polar surface area (TPSA) is 71.1 Å². The third-order valence-electron chi connectivity index (χ3n) is 6.22. The number of amides is 1. The Kier molecular flexibility index (Phi) is 7.49. The van der Waals surface area contributed by atoms with Crippen LogP contribution in [-0.4, -0.2) is 48.1 Å². The van der Waals surface area contributed by atoms with E-state index in [9.17, 15) is 9.90 Å². The molecule has 5 heteroatoms. The molecule has 5 nitrogen and oxygen atoms in total. The van der Waals surface area contributed by atoms with E-state index in [0.29, 0.717) is 25.2 Å². The van der Waals surface area contributed by atoms with Crippen LogP contribution >= 0.6 is 0 Å². The molecule has 3 rings (SSSR count). The fraction of sp³-hybridized carbons (Fsp3) is 0.696. The molecule has 2 heterocycles. The van der Waals surface area contributed by atoms with Crippen molar-refractivity contribution in [2.75, 3.05) is 13.2 Å². The van der Waals surface area contributed by atoms with Crippen molar-refractivity contribution < 1.29 is 19.4 Å². The second-order valence-corrected chi connectivity index (χ2v) is 8.46. The number of hydrogen-bond donors (Lipinski definition) is 2. The minimum absolute atomic E-state index is 0.0386. The molecule has 3 aliphatic rings. The molecule has 2 aliphatic heterocycles. The summed E-state index contributed by atoms with van der Waals surface area (Å²) in [4.78, 5) is 11.8. The van der Waals surface area contributed by atoms with Gasteiger partial charge >= 0.3 is 0 Å². The van der Waals surface area contributed by atoms with Gasteiger partial charge in [-0.3, -0.25) is 4.79 Å². The molecule has 2 saturated heterocycles. The fourth-order valence-electron chi connectivity index (χ4n) is 4.16. The summed E-state index contributed by atoms with van der Waals surface area (Å²) in [6, 6.07) is 0.317. The average Bonchev–Trinajstić information content (AvgIpc) is 3.47. The van der Waals surface area contributed by atoms with Crippen molar-refractivity contribution in [2.45, 2.75) is 82.6 Å². The number of carbonyl (C=O) groups is 1. The number of nitrogens with one attached hydrogen (secondary N) is 1. The zero-order valence-electron chi connectivity index (χ0n) is 17.2. The molecule has 2 N–H and O–H groups in total. The number of hydrogen-bond acceptors (Lipinski definition) is 4. The van der Waals surface area contributed by atoms with Crippen molar-refractivity contribution in [3.05, 3.63) is 36.0 Å². The van der Waals surface area contributed by atoms with E-state index in [1.165, 1.54) is 5.57 Å². The molecule has 156 valence electrons. The molecule has 0 aromatic rings. The highest BCUT2D eigenvalue weighted by molar-refractivity contribution is 5.87. The maximum atomic E-state index is 11.8. The van der Waals surface area contributed by atoms with Gasteiger partial charge in [-0.25, -0.2) is 0 Å². The second-order valence-electron chi connectivity index (χ2n) is 8.46. The summed E-state index contributed by atoms with van der Waals surface area (Å²) in [6.07, 6.45) is 16.2. The van der Waals surface area contributed by atoms with Crippen molar-refractivity contribution in [2.24, 2.45) is 5.92 Å². The molecule has 0 aromatic carbocycles. The van der Waals surface area contributed by atoms with Gasteiger partial charge in [0.05, 0.1) is 13.2 Å². The van der Waals surface area contributed by atoms with Gasteiger partial charge in [-0.05, 0) is 57.4 Å². The van der Waals surface area contributed by atoms with Crippen molar-refractivity contribution >= 4 is 5.91 Å². The molecule has 1 aliphatic carbocycles. The molecule has 0 radical (unpaired) electrons. The Balaban J connectivity index is 1.38. The lowest BCUT2D eigenvalue weighted by molar-refractivity contribution is -0.117. The van der Waals surface area contributed by atoms with E-state index >= 15 is 0 Å². The van der Waals surface area contributed by atoms with E-state index in [1.807, 2.05) is 19.1 Å². The van der Waals surface area contributed by atoms with Crippen LogP contribution in [0.3, 0.4) is 0 Å². The Morgan fingerprint density at radius 2 is 2.00 bits per heavy atom. The number of aliphatic hydroxyl groups is 1. The quantitative estimate of drug-likeness (QED) is 0.397. The lowest BCUT2D eigenvalue weighted by Crippen LogP contribution is -2.46. The zero-order valence-corrected chi connectivity index (χ0v) is 17.2. The molecule has 0 aromatic heterocycles. The normalized spacial score (nSPS) is 36.3. The smallest absolute Gasteiger partial charge is 0.243 e. The first-order valence-corrected chi connectivity index (χ1v) is 10.8. The van der Waals surface area contributed by atoms with E-state index in [2.05, 4.69) is 24.4 Å². The van der Waals surface area contributed by atoms with Crippen molar-refractivity contribution in [1.82, 2.24) is 5.32 Å². The average molecular weight is 390 g/mol. The molecule has 1 saturated carbocycles. The number of epoxide rings is 1. The monoisotopic (exact) mass is 389 g/mol. The van der Waals surface area contributed by atoms with Crippen LogP contribution in [0.25, 0.3) is 0 Å². The molecular weight excluding hydrogens is 354 g/mol. The van der Waals surface area contributed by atoms with Crippen molar-refractivity contribution in [3.63, 3.8) is 0 Å². The standard InChI is InChI=1S/C23H35NO4/c1-3-4-5-21(25)24-19-11-9-18(10-12-19)8-6-17(2)7-13-20-22(26)23(16-28-23)14-15-27-20/h4-7,13,18-20,22,26H,3,8-12,14-16H2,1-2H3,(H,24,25)/b5-4-,13-7+,17-6+/t18-,19+,20-,22-,23-/m1/s1. The predicted octanol–water partition coefficient (Wildman–Crippen LogP) is 3.44. The van der Waals surface area contributed by atoms with Crippen LogP contribution in [0.2, 0.25) is 0 Å². The van der Waals surface area contributed by atoms with E-state index in [1.54, 1.807) is 6.08 Å². The number of carbonyl (C=O) groups excluding carboxylic acids is 1. The lowest BCUT2D eigenvalue weighted by Gasteiger charge is -2.31. The van der Waals surface area contributed by atoms with E-state index in [0.717, 1.165) is 44.9 Å². The number of aliphatic hydroxyl groups excluding tert-OH is 1. The van der Waals surface area contributed by atoms with Crippen molar-refractivity contribution in [1.29, 1.82) is 0 Å². The van der Waals surface area contributed by atoms with Crippen molar-refractivity contribution in [3.8, 4) is 0 Å². The molecular formula is C23H35NO4. The Hall–Kier alpha value is -1.43. The summed E-state index contributed by atoms with van der Waals surface area (Å²) in [6.45, 7) is 5.42. The predicted molar refractivity (Wildman–Crippen MR) is 110 cm³/mol. The van der Waals surface area contributed by atoms with Gasteiger partial charge < -0.3 is 19.9 Å². The first-order chi connectivity index (χ1) is 13.5. The van der Waals surface area contributed by atoms with Gasteiger partial charge in [-0.15, -0.1) is 0 Å². The maximum absolute atomic E-state index is 11.8. The second kappa shape index (κ2) is 9.86. The van der Waals surface area contributed by atoms with Crippen LogP contribution in [0.1, 0.15) is 58.8 Å². The van der Waals surface area contributed by atoms with Gasteiger partial charge in [-0.2, -0.15) is 0 Å². The zero-order chi connectivity index (χ0) is 20.0. The summed E-state index contributed by atoms with van der Waals surface area (Å²) in [5, 5.41) is 13.5. The van der Waals surface area contributed by atoms with Gasteiger partial charge in [0.25, 0.3) is 0 Å². The van der Waals surface area contributed by atoms with Crippen LogP contribution in [0, 0.1) is 5.92 Å². The highest BCUT2D eigenvalue weighted by Crippen LogP contribution is 2.40.